The number of Topliss-reactive ketones (excluding diaryl/α,β-unsaturated/α-hetero) is 1. The van der Waals surface area contributed by atoms with Crippen molar-refractivity contribution >= 4 is 23.3 Å². The lowest BCUT2D eigenvalue weighted by Gasteiger charge is -2.18. The van der Waals surface area contributed by atoms with Crippen LogP contribution in [0, 0.1) is 0 Å². The number of carbonyl (C=O) groups excluding carboxylic acids is 3. The molecule has 1 N–H and O–H groups in total. The summed E-state index contributed by atoms with van der Waals surface area (Å²) in [6.45, 7) is 4.89. The third kappa shape index (κ3) is 5.02. The van der Waals surface area contributed by atoms with Gasteiger partial charge in [0.15, 0.2) is 11.9 Å². The summed E-state index contributed by atoms with van der Waals surface area (Å²) in [5, 5.41) is 2.67. The molecule has 0 saturated heterocycles. The van der Waals surface area contributed by atoms with Crippen molar-refractivity contribution in [3.8, 4) is 0 Å². The van der Waals surface area contributed by atoms with Crippen molar-refractivity contribution in [3.05, 3.63) is 65.7 Å². The molecule has 2 rings (SSSR count). The second-order valence-corrected chi connectivity index (χ2v) is 6.08. The highest BCUT2D eigenvalue weighted by Gasteiger charge is 2.25. The Balaban J connectivity index is 2.01. The van der Waals surface area contributed by atoms with E-state index in [-0.39, 0.29) is 5.78 Å². The van der Waals surface area contributed by atoms with Gasteiger partial charge < -0.3 is 10.1 Å². The highest BCUT2D eigenvalue weighted by molar-refractivity contribution is 5.98. The summed E-state index contributed by atoms with van der Waals surface area (Å²) in [6, 6.07) is 16.0. The second-order valence-electron chi connectivity index (χ2n) is 6.08. The maximum absolute atomic E-state index is 12.4. The first-order valence-electron chi connectivity index (χ1n) is 8.59. The van der Waals surface area contributed by atoms with E-state index in [2.05, 4.69) is 5.32 Å². The van der Waals surface area contributed by atoms with Crippen LogP contribution in [-0.2, 0) is 14.3 Å². The Hall–Kier alpha value is -2.95. The van der Waals surface area contributed by atoms with E-state index in [1.807, 2.05) is 37.3 Å². The van der Waals surface area contributed by atoms with Gasteiger partial charge >= 0.3 is 5.97 Å². The molecule has 2 aromatic carbocycles. The Morgan fingerprint density at radius 2 is 1.73 bits per heavy atom. The predicted molar refractivity (Wildman–Crippen MR) is 100 cm³/mol. The van der Waals surface area contributed by atoms with Crippen molar-refractivity contribution < 1.29 is 19.1 Å². The Bertz CT molecular complexity index is 786. The first-order chi connectivity index (χ1) is 12.4. The van der Waals surface area contributed by atoms with Crippen LogP contribution in [0.2, 0.25) is 0 Å². The maximum Gasteiger partial charge on any atom is 0.314 e. The molecule has 26 heavy (non-hydrogen) atoms. The van der Waals surface area contributed by atoms with Gasteiger partial charge in [0.05, 0.1) is 5.92 Å². The minimum atomic E-state index is -0.943. The van der Waals surface area contributed by atoms with Crippen molar-refractivity contribution in [2.24, 2.45) is 0 Å². The number of benzene rings is 2. The molecule has 2 atom stereocenters. The maximum atomic E-state index is 12.4. The van der Waals surface area contributed by atoms with Crippen molar-refractivity contribution in [1.29, 1.82) is 0 Å². The molecule has 5 nitrogen and oxygen atoms in total. The van der Waals surface area contributed by atoms with Gasteiger partial charge in [-0.1, -0.05) is 49.4 Å². The van der Waals surface area contributed by atoms with Gasteiger partial charge in [0.1, 0.15) is 0 Å². The first kappa shape index (κ1) is 19.4. The van der Waals surface area contributed by atoms with Crippen molar-refractivity contribution in [2.45, 2.75) is 39.2 Å². The zero-order valence-corrected chi connectivity index (χ0v) is 15.2. The summed E-state index contributed by atoms with van der Waals surface area (Å²) < 4.78 is 5.35. The number of esters is 1. The number of hydrogen-bond acceptors (Lipinski definition) is 4. The molecular weight excluding hydrogens is 330 g/mol. The minimum absolute atomic E-state index is 0.0887. The lowest BCUT2D eigenvalue weighted by molar-refractivity contribution is -0.154. The number of anilines is 1. The van der Waals surface area contributed by atoms with E-state index in [9.17, 15) is 14.4 Å². The van der Waals surface area contributed by atoms with Crippen molar-refractivity contribution in [3.63, 3.8) is 0 Å². The molecular formula is C21H23NO4. The molecule has 0 heterocycles. The standard InChI is InChI=1S/C21H23NO4/c1-4-19(16-9-6-5-7-10-16)21(25)26-15(3)20(24)22-18-12-8-11-17(13-18)14(2)23/h5-13,15,19H,4H2,1-3H3,(H,22,24)/t15-,19+/m0/s1. The largest absolute Gasteiger partial charge is 0.452 e. The Kier molecular flexibility index (Phi) is 6.67. The fourth-order valence-electron chi connectivity index (χ4n) is 2.59. The number of carbonyl (C=O) groups is 3. The Labute approximate surface area is 153 Å². The Morgan fingerprint density at radius 3 is 2.35 bits per heavy atom. The normalized spacial score (nSPS) is 12.7. The predicted octanol–water partition coefficient (Wildman–Crippen LogP) is 3.95. The minimum Gasteiger partial charge on any atom is -0.452 e. The molecule has 136 valence electrons. The molecule has 1 amide bonds. The molecule has 0 aliphatic carbocycles. The van der Waals surface area contributed by atoms with Crippen LogP contribution in [-0.4, -0.2) is 23.8 Å². The number of ether oxygens (including phenoxy) is 1. The van der Waals surface area contributed by atoms with E-state index in [0.29, 0.717) is 17.7 Å². The van der Waals surface area contributed by atoms with Crippen LogP contribution in [0.1, 0.15) is 49.0 Å². The molecule has 5 heteroatoms. The summed E-state index contributed by atoms with van der Waals surface area (Å²) in [4.78, 5) is 36.2. The summed E-state index contributed by atoms with van der Waals surface area (Å²) in [6.07, 6.45) is -0.362. The highest BCUT2D eigenvalue weighted by atomic mass is 16.5. The summed E-state index contributed by atoms with van der Waals surface area (Å²) in [5.41, 5.74) is 1.85. The topological polar surface area (TPSA) is 72.5 Å². The molecule has 0 aliphatic rings. The first-order valence-corrected chi connectivity index (χ1v) is 8.59. The lowest BCUT2D eigenvalue weighted by Crippen LogP contribution is -2.31. The lowest BCUT2D eigenvalue weighted by atomic mass is 9.97. The number of amides is 1. The van der Waals surface area contributed by atoms with Crippen LogP contribution in [0.3, 0.4) is 0 Å². The van der Waals surface area contributed by atoms with Gasteiger partial charge in [-0.05, 0) is 38.0 Å². The van der Waals surface area contributed by atoms with E-state index >= 15 is 0 Å². The summed E-state index contributed by atoms with van der Waals surface area (Å²) in [7, 11) is 0. The molecule has 0 spiro atoms. The molecule has 0 fully saturated rings. The molecule has 2 aromatic rings. The van der Waals surface area contributed by atoms with E-state index in [1.54, 1.807) is 24.3 Å². The molecule has 0 bridgehead atoms. The van der Waals surface area contributed by atoms with Crippen LogP contribution in [0.25, 0.3) is 0 Å². The second kappa shape index (κ2) is 8.94. The van der Waals surface area contributed by atoms with E-state index in [1.165, 1.54) is 13.8 Å². The highest BCUT2D eigenvalue weighted by Crippen LogP contribution is 2.21. The fourth-order valence-corrected chi connectivity index (χ4v) is 2.59. The van der Waals surface area contributed by atoms with Crippen LogP contribution >= 0.6 is 0 Å². The van der Waals surface area contributed by atoms with Crippen molar-refractivity contribution in [2.75, 3.05) is 5.32 Å². The zero-order chi connectivity index (χ0) is 19.1. The van der Waals surface area contributed by atoms with Gasteiger partial charge in [0.2, 0.25) is 0 Å². The molecule has 0 unspecified atom stereocenters. The van der Waals surface area contributed by atoms with E-state index in [0.717, 1.165) is 5.56 Å². The molecule has 0 aliphatic heterocycles. The monoisotopic (exact) mass is 353 g/mol. The third-order valence-corrected chi connectivity index (χ3v) is 4.09. The van der Waals surface area contributed by atoms with Gasteiger partial charge in [-0.3, -0.25) is 14.4 Å². The smallest absolute Gasteiger partial charge is 0.314 e. The van der Waals surface area contributed by atoms with Gasteiger partial charge in [0.25, 0.3) is 5.91 Å². The molecule has 0 aromatic heterocycles. The van der Waals surface area contributed by atoms with Crippen LogP contribution < -0.4 is 5.32 Å². The molecule has 0 radical (unpaired) electrons. The summed E-state index contributed by atoms with van der Waals surface area (Å²) in [5.74, 6) is -1.37. The van der Waals surface area contributed by atoms with Gasteiger partial charge in [-0.15, -0.1) is 0 Å². The molecule has 0 saturated carbocycles. The number of rotatable bonds is 7. The van der Waals surface area contributed by atoms with Gasteiger partial charge in [-0.25, -0.2) is 0 Å². The van der Waals surface area contributed by atoms with E-state index < -0.39 is 23.9 Å². The van der Waals surface area contributed by atoms with Crippen LogP contribution in [0.4, 0.5) is 5.69 Å². The quantitative estimate of drug-likeness (QED) is 0.604. The third-order valence-electron chi connectivity index (χ3n) is 4.09. The SMILES string of the molecule is CC[C@@H](C(=O)O[C@@H](C)C(=O)Nc1cccc(C(C)=O)c1)c1ccccc1. The zero-order valence-electron chi connectivity index (χ0n) is 15.2. The average Bonchev–Trinajstić information content (AvgIpc) is 2.63. The van der Waals surface area contributed by atoms with Crippen LogP contribution in [0.15, 0.2) is 54.6 Å². The number of hydrogen-bond donors (Lipinski definition) is 1. The average molecular weight is 353 g/mol. The fraction of sp³-hybridized carbons (Fsp3) is 0.286. The van der Waals surface area contributed by atoms with E-state index in [4.69, 9.17) is 4.74 Å². The summed E-state index contributed by atoms with van der Waals surface area (Å²) >= 11 is 0. The van der Waals surface area contributed by atoms with Gasteiger partial charge in [0, 0.05) is 11.3 Å². The van der Waals surface area contributed by atoms with Crippen LogP contribution in [0.5, 0.6) is 0 Å². The number of nitrogens with one attached hydrogen (secondary N) is 1. The van der Waals surface area contributed by atoms with Crippen molar-refractivity contribution in [1.82, 2.24) is 0 Å². The van der Waals surface area contributed by atoms with Gasteiger partial charge in [-0.2, -0.15) is 0 Å². The number of ketones is 1. The Morgan fingerprint density at radius 1 is 1.04 bits per heavy atom.